The molecule has 7 nitrogen and oxygen atoms in total. The molecule has 0 radical (unpaired) electrons. The molecule has 0 fully saturated rings. The molecule has 0 aliphatic rings. The molecule has 0 N–H and O–H groups in total. The summed E-state index contributed by atoms with van der Waals surface area (Å²) in [5, 5.41) is 0. The van der Waals surface area contributed by atoms with Crippen LogP contribution in [-0.4, -0.2) is 59.0 Å². The lowest BCUT2D eigenvalue weighted by Gasteiger charge is -2.32. The Balaban J connectivity index is 1.69. The molecule has 4 aromatic rings. The number of ether oxygens (including phenoxy) is 3. The Hall–Kier alpha value is -4.30. The van der Waals surface area contributed by atoms with E-state index in [0.29, 0.717) is 48.9 Å². The van der Waals surface area contributed by atoms with Crippen LogP contribution in [0.4, 0.5) is 0 Å². The van der Waals surface area contributed by atoms with Crippen molar-refractivity contribution < 1.29 is 23.8 Å². The zero-order chi connectivity index (χ0) is 43.2. The lowest BCUT2D eigenvalue weighted by molar-refractivity contribution is -0.138. The molecule has 0 spiro atoms. The average molecular weight is 805 g/mol. The third-order valence-electron chi connectivity index (χ3n) is 11.2. The van der Waals surface area contributed by atoms with Gasteiger partial charge < -0.3 is 14.2 Å². The number of carbonyl (C=O) groups is 2. The fraction of sp³-hybridized carbons (Fsp3) is 0.500. The number of hydrogen-bond acceptors (Lipinski definition) is 7. The van der Waals surface area contributed by atoms with Crippen LogP contribution in [0.1, 0.15) is 141 Å². The number of esters is 2. The van der Waals surface area contributed by atoms with E-state index in [-0.39, 0.29) is 35.6 Å². The number of rotatable bonds is 22. The first-order chi connectivity index (χ1) is 28.1. The fourth-order valence-corrected chi connectivity index (χ4v) is 8.00. The van der Waals surface area contributed by atoms with Gasteiger partial charge >= 0.3 is 11.9 Å². The molecule has 4 aromatic carbocycles. The van der Waals surface area contributed by atoms with Gasteiger partial charge in [0.2, 0.25) is 0 Å². The van der Waals surface area contributed by atoms with Gasteiger partial charge in [0, 0.05) is 47.1 Å². The lowest BCUT2D eigenvalue weighted by Crippen LogP contribution is -2.38. The molecular weight excluding hydrogens is 733 g/mol. The van der Waals surface area contributed by atoms with E-state index in [9.17, 15) is 9.59 Å². The van der Waals surface area contributed by atoms with E-state index >= 15 is 0 Å². The zero-order valence-electron chi connectivity index (χ0n) is 38.0. The first-order valence-corrected chi connectivity index (χ1v) is 21.9. The Kier molecular flexibility index (Phi) is 18.4. The largest absolute Gasteiger partial charge is 0.426 e. The van der Waals surface area contributed by atoms with Crippen molar-refractivity contribution in [2.45, 2.75) is 145 Å². The van der Waals surface area contributed by atoms with Crippen LogP contribution in [-0.2, 0) is 27.5 Å². The van der Waals surface area contributed by atoms with Crippen molar-refractivity contribution in [3.63, 3.8) is 0 Å². The van der Waals surface area contributed by atoms with E-state index in [2.05, 4.69) is 126 Å². The minimum Gasteiger partial charge on any atom is -0.426 e. The Morgan fingerprint density at radius 1 is 0.475 bits per heavy atom. The molecule has 59 heavy (non-hydrogen) atoms. The minimum atomic E-state index is -0.255. The van der Waals surface area contributed by atoms with Crippen LogP contribution >= 0.6 is 0 Å². The molecule has 0 amide bonds. The highest BCUT2D eigenvalue weighted by Gasteiger charge is 2.26. The summed E-state index contributed by atoms with van der Waals surface area (Å²) in [6.07, 6.45) is 1.73. The maximum atomic E-state index is 13.0. The minimum absolute atomic E-state index is 0.00648. The standard InChI is InChI=1S/C52H72N2O5/c1-35(2)51(55)58-49-25-23-41(31-47(49)45(43-19-15-13-16-20-43)27-29-53(37(5)6)38(7)8)33-57-34-42-24-26-50(59-52(56)36(3)4)48(32-42)46(44-21-17-14-18-22-44)28-30-54(39(9)10)40(11)12/h13-26,31-32,35-40,45-46H,27-30,33-34H2,1-12H3/t45-,46-/m1/s1. The summed E-state index contributed by atoms with van der Waals surface area (Å²) in [6.45, 7) is 28.0. The second kappa shape index (κ2) is 22.9. The van der Waals surface area contributed by atoms with Crippen LogP contribution in [0.15, 0.2) is 97.1 Å². The third-order valence-corrected chi connectivity index (χ3v) is 11.2. The topological polar surface area (TPSA) is 68.3 Å². The van der Waals surface area contributed by atoms with Crippen molar-refractivity contribution >= 4 is 11.9 Å². The monoisotopic (exact) mass is 805 g/mol. The smallest absolute Gasteiger partial charge is 0.313 e. The Morgan fingerprint density at radius 2 is 0.814 bits per heavy atom. The van der Waals surface area contributed by atoms with Gasteiger partial charge in [-0.1, -0.05) is 100 Å². The van der Waals surface area contributed by atoms with Crippen LogP contribution in [0.5, 0.6) is 11.5 Å². The van der Waals surface area contributed by atoms with Crippen LogP contribution in [0.25, 0.3) is 0 Å². The SMILES string of the molecule is CC(C)C(=O)Oc1ccc(COCc2ccc(OC(=O)C(C)C)c([C@H](CCN(C(C)C)C(C)C)c3ccccc3)c2)cc1[C@H](CCN(C(C)C)C(C)C)c1ccccc1. The summed E-state index contributed by atoms with van der Waals surface area (Å²) < 4.78 is 18.7. The van der Waals surface area contributed by atoms with Crippen molar-refractivity contribution in [2.75, 3.05) is 13.1 Å². The van der Waals surface area contributed by atoms with E-state index in [4.69, 9.17) is 14.2 Å². The van der Waals surface area contributed by atoms with Gasteiger partial charge in [0.1, 0.15) is 11.5 Å². The molecule has 0 aromatic heterocycles. The van der Waals surface area contributed by atoms with E-state index in [1.807, 2.05) is 64.1 Å². The van der Waals surface area contributed by atoms with Crippen LogP contribution in [0, 0.1) is 11.8 Å². The van der Waals surface area contributed by atoms with Crippen LogP contribution in [0.3, 0.4) is 0 Å². The summed E-state index contributed by atoms with van der Waals surface area (Å²) in [5.74, 6) is 0.197. The number of benzene rings is 4. The van der Waals surface area contributed by atoms with E-state index in [1.165, 1.54) is 11.1 Å². The van der Waals surface area contributed by atoms with Crippen molar-refractivity contribution in [1.29, 1.82) is 0 Å². The normalized spacial score (nSPS) is 13.1. The number of hydrogen-bond donors (Lipinski definition) is 0. The molecule has 0 heterocycles. The first kappa shape index (κ1) is 47.4. The maximum Gasteiger partial charge on any atom is 0.313 e. The van der Waals surface area contributed by atoms with Gasteiger partial charge in [0.15, 0.2) is 0 Å². The van der Waals surface area contributed by atoms with Crippen molar-refractivity contribution in [3.8, 4) is 11.5 Å². The molecule has 0 aliphatic heterocycles. The highest BCUT2D eigenvalue weighted by Crippen LogP contribution is 2.38. The predicted molar refractivity (Wildman–Crippen MR) is 242 cm³/mol. The van der Waals surface area contributed by atoms with Crippen molar-refractivity contribution in [2.24, 2.45) is 11.8 Å². The van der Waals surface area contributed by atoms with E-state index in [0.717, 1.165) is 48.2 Å². The highest BCUT2D eigenvalue weighted by atomic mass is 16.5. The van der Waals surface area contributed by atoms with Gasteiger partial charge in [-0.2, -0.15) is 0 Å². The number of nitrogens with zero attached hydrogens (tertiary/aromatic N) is 2. The summed E-state index contributed by atoms with van der Waals surface area (Å²) in [5.41, 5.74) is 6.34. The van der Waals surface area contributed by atoms with Gasteiger partial charge in [-0.15, -0.1) is 0 Å². The predicted octanol–water partition coefficient (Wildman–Crippen LogP) is 11.8. The van der Waals surface area contributed by atoms with Gasteiger partial charge in [-0.25, -0.2) is 0 Å². The molecule has 4 rings (SSSR count). The summed E-state index contributed by atoms with van der Waals surface area (Å²) in [7, 11) is 0. The molecule has 2 atom stereocenters. The quantitative estimate of drug-likeness (QED) is 0.0579. The molecule has 0 saturated heterocycles. The molecular formula is C52H72N2O5. The first-order valence-electron chi connectivity index (χ1n) is 21.9. The molecule has 0 bridgehead atoms. The zero-order valence-corrected chi connectivity index (χ0v) is 38.0. The fourth-order valence-electron chi connectivity index (χ4n) is 8.00. The van der Waals surface area contributed by atoms with Crippen LogP contribution < -0.4 is 9.47 Å². The van der Waals surface area contributed by atoms with E-state index in [1.54, 1.807) is 0 Å². The molecule has 320 valence electrons. The van der Waals surface area contributed by atoms with Gasteiger partial charge in [-0.3, -0.25) is 19.4 Å². The summed E-state index contributed by atoms with van der Waals surface area (Å²) in [6, 6.07) is 34.9. The number of carbonyl (C=O) groups excluding carboxylic acids is 2. The molecule has 7 heteroatoms. The van der Waals surface area contributed by atoms with Crippen LogP contribution in [0.2, 0.25) is 0 Å². The second-order valence-electron chi connectivity index (χ2n) is 17.7. The molecule has 0 aliphatic carbocycles. The third kappa shape index (κ3) is 13.9. The lowest BCUT2D eigenvalue weighted by atomic mass is 9.86. The Labute approximate surface area is 356 Å². The summed E-state index contributed by atoms with van der Waals surface area (Å²) in [4.78, 5) is 31.1. The molecule has 0 saturated carbocycles. The maximum absolute atomic E-state index is 13.0. The van der Waals surface area contributed by atoms with Gasteiger partial charge in [0.25, 0.3) is 0 Å². The molecule has 0 unspecified atom stereocenters. The Morgan fingerprint density at radius 3 is 1.12 bits per heavy atom. The highest BCUT2D eigenvalue weighted by molar-refractivity contribution is 5.75. The summed E-state index contributed by atoms with van der Waals surface area (Å²) >= 11 is 0. The van der Waals surface area contributed by atoms with E-state index < -0.39 is 0 Å². The van der Waals surface area contributed by atoms with Crippen molar-refractivity contribution in [1.82, 2.24) is 9.80 Å². The van der Waals surface area contributed by atoms with Gasteiger partial charge in [-0.05, 0) is 128 Å². The van der Waals surface area contributed by atoms with Crippen molar-refractivity contribution in [3.05, 3.63) is 130 Å². The van der Waals surface area contributed by atoms with Gasteiger partial charge in [0.05, 0.1) is 25.0 Å². The second-order valence-corrected chi connectivity index (χ2v) is 17.7. The average Bonchev–Trinajstić information content (AvgIpc) is 3.19. The Bertz CT molecular complexity index is 1730.